The Labute approximate surface area is 223 Å². The van der Waals surface area contributed by atoms with E-state index in [1.165, 1.54) is 32.2 Å². The second kappa shape index (κ2) is 11.2. The van der Waals surface area contributed by atoms with E-state index >= 15 is 0 Å². The van der Waals surface area contributed by atoms with E-state index in [0.717, 1.165) is 10.4 Å². The number of hydrogen-bond donors (Lipinski definition) is 0. The quantitative estimate of drug-likeness (QED) is 0.453. The molecule has 3 atom stereocenters. The molecular weight excluding hydrogens is 504 g/mol. The molecule has 1 aliphatic rings. The molecule has 0 bridgehead atoms. The van der Waals surface area contributed by atoms with Crippen molar-refractivity contribution in [2.75, 3.05) is 26.5 Å². The van der Waals surface area contributed by atoms with Gasteiger partial charge in [0.1, 0.15) is 0 Å². The largest absolute Gasteiger partial charge is 0.405 e. The lowest BCUT2D eigenvalue weighted by molar-refractivity contribution is -0.138. The summed E-state index contributed by atoms with van der Waals surface area (Å²) in [7, 11) is -3.46. The van der Waals surface area contributed by atoms with Gasteiger partial charge in [0, 0.05) is 26.9 Å². The lowest BCUT2D eigenvalue weighted by Gasteiger charge is -2.44. The van der Waals surface area contributed by atoms with Gasteiger partial charge in [-0.2, -0.15) is 0 Å². The molecule has 1 fully saturated rings. The van der Waals surface area contributed by atoms with Crippen LogP contribution in [0.5, 0.6) is 0 Å². The fraction of sp³-hybridized carbons (Fsp3) is 0.500. The topological polar surface area (TPSA) is 84.0 Å². The molecule has 3 rings (SSSR count). The van der Waals surface area contributed by atoms with Crippen LogP contribution >= 0.6 is 0 Å². The average Bonchev–Trinajstić information content (AvgIpc) is 3.18. The molecule has 1 amide bonds. The van der Waals surface area contributed by atoms with E-state index in [2.05, 4.69) is 45.0 Å². The summed E-state index contributed by atoms with van der Waals surface area (Å²) in [5, 5.41) is 2.00. The number of nitrogens with zero attached hydrogens (tertiary/aromatic N) is 2. The number of hydrogen-bond acceptors (Lipinski definition) is 5. The van der Waals surface area contributed by atoms with Crippen molar-refractivity contribution in [1.29, 1.82) is 0 Å². The zero-order valence-electron chi connectivity index (χ0n) is 23.0. The van der Waals surface area contributed by atoms with Crippen molar-refractivity contribution in [3.63, 3.8) is 0 Å². The minimum Gasteiger partial charge on any atom is -0.405 e. The summed E-state index contributed by atoms with van der Waals surface area (Å²) in [4.78, 5) is 27.2. The zero-order valence-corrected chi connectivity index (χ0v) is 24.8. The van der Waals surface area contributed by atoms with Gasteiger partial charge in [-0.05, 0) is 28.8 Å². The second-order valence-corrected chi connectivity index (χ2v) is 17.7. The minimum atomic E-state index is -3.56. The van der Waals surface area contributed by atoms with E-state index in [-0.39, 0.29) is 29.1 Å². The molecule has 7 nitrogen and oxygen atoms in total. The summed E-state index contributed by atoms with van der Waals surface area (Å²) in [6.45, 7) is 9.63. The number of carbonyl (C=O) groups is 2. The maximum Gasteiger partial charge on any atom is 0.261 e. The Morgan fingerprint density at radius 3 is 1.84 bits per heavy atom. The minimum absolute atomic E-state index is 0.191. The molecule has 0 N–H and O–H groups in total. The fourth-order valence-corrected chi connectivity index (χ4v) is 11.5. The van der Waals surface area contributed by atoms with Gasteiger partial charge in [-0.1, -0.05) is 81.4 Å². The van der Waals surface area contributed by atoms with Crippen LogP contribution < -0.4 is 10.4 Å². The third-order valence-electron chi connectivity index (χ3n) is 7.38. The Balaban J connectivity index is 2.05. The summed E-state index contributed by atoms with van der Waals surface area (Å²) in [6.07, 6.45) is 0.384. The lowest BCUT2D eigenvalue weighted by atomic mass is 9.98. The van der Waals surface area contributed by atoms with Crippen LogP contribution in [-0.4, -0.2) is 76.2 Å². The monoisotopic (exact) mass is 544 g/mol. The summed E-state index contributed by atoms with van der Waals surface area (Å²) in [5.41, 5.74) is 0. The van der Waals surface area contributed by atoms with E-state index in [9.17, 15) is 18.0 Å². The molecule has 1 aliphatic heterocycles. The van der Waals surface area contributed by atoms with Crippen molar-refractivity contribution in [2.24, 2.45) is 5.92 Å². The van der Waals surface area contributed by atoms with Gasteiger partial charge < -0.3 is 9.33 Å². The van der Waals surface area contributed by atoms with Crippen LogP contribution in [0.15, 0.2) is 60.7 Å². The molecule has 0 unspecified atom stereocenters. The van der Waals surface area contributed by atoms with Crippen molar-refractivity contribution in [2.45, 2.75) is 58.2 Å². The van der Waals surface area contributed by atoms with Crippen molar-refractivity contribution in [3.05, 3.63) is 60.7 Å². The van der Waals surface area contributed by atoms with Gasteiger partial charge in [0.25, 0.3) is 8.32 Å². The Kier molecular flexibility index (Phi) is 8.84. The SMILES string of the molecule is CC(=O)[C@H]1[C@@H](CS(=O)(=O)N(C)C)C[C@@H](CO[Si](c2ccccc2)(c2ccccc2)C(C)(C)C)N1C(C)=O. The predicted molar refractivity (Wildman–Crippen MR) is 150 cm³/mol. The number of rotatable bonds is 9. The van der Waals surface area contributed by atoms with Crippen molar-refractivity contribution >= 4 is 40.4 Å². The number of carbonyl (C=O) groups excluding carboxylic acids is 2. The van der Waals surface area contributed by atoms with E-state index in [0.29, 0.717) is 6.42 Å². The van der Waals surface area contributed by atoms with Crippen LogP contribution in [0.1, 0.15) is 41.0 Å². The third-order valence-corrected chi connectivity index (χ3v) is 14.4. The second-order valence-electron chi connectivity index (χ2n) is 11.2. The first kappa shape index (κ1) is 29.2. The molecule has 0 saturated carbocycles. The van der Waals surface area contributed by atoms with E-state index < -0.39 is 36.3 Å². The van der Waals surface area contributed by atoms with Crippen LogP contribution in [0.3, 0.4) is 0 Å². The van der Waals surface area contributed by atoms with Crippen molar-refractivity contribution < 1.29 is 22.4 Å². The molecular formula is C28H40N2O5SSi. The van der Waals surface area contributed by atoms with E-state index in [1.54, 1.807) is 4.90 Å². The standard InChI is InChI=1S/C28H40N2O5SSi/c1-21(31)27-23(20-36(33,34)29(6)7)18-24(30(27)22(2)32)19-35-37(28(3,4)5,25-14-10-8-11-15-25)26-16-12-9-13-17-26/h8-17,23-24,27H,18-20H2,1-7H3/t23-,24+,27+/m1/s1. The molecule has 0 radical (unpaired) electrons. The maximum absolute atomic E-state index is 12.8. The number of sulfonamides is 1. The lowest BCUT2D eigenvalue weighted by Crippen LogP contribution is -2.67. The molecule has 0 aromatic heterocycles. The number of benzene rings is 2. The number of Topliss-reactive ketones (excluding diaryl/α,β-unsaturated/α-hetero) is 1. The first-order valence-electron chi connectivity index (χ1n) is 12.7. The van der Waals surface area contributed by atoms with Crippen LogP contribution in [0.4, 0.5) is 0 Å². The molecule has 37 heavy (non-hydrogen) atoms. The van der Waals surface area contributed by atoms with Crippen LogP contribution in [-0.2, 0) is 24.0 Å². The smallest absolute Gasteiger partial charge is 0.261 e. The third kappa shape index (κ3) is 5.90. The fourth-order valence-electron chi connectivity index (χ4n) is 5.74. The highest BCUT2D eigenvalue weighted by Gasteiger charge is 2.52. The predicted octanol–water partition coefficient (Wildman–Crippen LogP) is 2.65. The summed E-state index contributed by atoms with van der Waals surface area (Å²) in [5.74, 6) is -1.14. The normalized spacial score (nSPS) is 20.9. The van der Waals surface area contributed by atoms with Gasteiger partial charge in [-0.25, -0.2) is 12.7 Å². The number of amides is 1. The van der Waals surface area contributed by atoms with Crippen molar-refractivity contribution in [1.82, 2.24) is 9.21 Å². The molecule has 9 heteroatoms. The molecule has 1 saturated heterocycles. The summed E-state index contributed by atoms with van der Waals surface area (Å²) in [6, 6.07) is 19.2. The first-order valence-corrected chi connectivity index (χ1v) is 16.2. The molecule has 2 aromatic carbocycles. The van der Waals surface area contributed by atoms with E-state index in [1.807, 2.05) is 36.4 Å². The number of ketones is 1. The molecule has 0 spiro atoms. The Hall–Kier alpha value is -2.33. The van der Waals surface area contributed by atoms with Crippen LogP contribution in [0.2, 0.25) is 5.04 Å². The highest BCUT2D eigenvalue weighted by atomic mass is 32.2. The van der Waals surface area contributed by atoms with Gasteiger partial charge in [0.2, 0.25) is 15.9 Å². The van der Waals surface area contributed by atoms with Crippen molar-refractivity contribution in [3.8, 4) is 0 Å². The van der Waals surface area contributed by atoms with Crippen LogP contribution in [0.25, 0.3) is 0 Å². The molecule has 2 aromatic rings. The van der Waals surface area contributed by atoms with Crippen LogP contribution in [0, 0.1) is 5.92 Å². The van der Waals surface area contributed by atoms with Gasteiger partial charge in [-0.3, -0.25) is 9.59 Å². The summed E-state index contributed by atoms with van der Waals surface area (Å²) >= 11 is 0. The van der Waals surface area contributed by atoms with Gasteiger partial charge in [-0.15, -0.1) is 0 Å². The zero-order chi connectivity index (χ0) is 27.6. The maximum atomic E-state index is 12.8. The van der Waals surface area contributed by atoms with Gasteiger partial charge in [0.15, 0.2) is 5.78 Å². The Bertz CT molecular complexity index is 1160. The van der Waals surface area contributed by atoms with Gasteiger partial charge >= 0.3 is 0 Å². The van der Waals surface area contributed by atoms with E-state index in [4.69, 9.17) is 4.43 Å². The Morgan fingerprint density at radius 1 is 0.973 bits per heavy atom. The highest BCUT2D eigenvalue weighted by Crippen LogP contribution is 2.39. The Morgan fingerprint density at radius 2 is 1.46 bits per heavy atom. The molecule has 1 heterocycles. The molecule has 0 aliphatic carbocycles. The summed E-state index contributed by atoms with van der Waals surface area (Å²) < 4.78 is 33.7. The highest BCUT2D eigenvalue weighted by molar-refractivity contribution is 7.89. The van der Waals surface area contributed by atoms with Gasteiger partial charge in [0.05, 0.1) is 24.4 Å². The number of likely N-dealkylation sites (tertiary alicyclic amines) is 1. The average molecular weight is 545 g/mol. The molecule has 202 valence electrons. The first-order chi connectivity index (χ1) is 17.2.